The Morgan fingerprint density at radius 3 is 1.13 bits per heavy atom. The predicted molar refractivity (Wildman–Crippen MR) is 60.7 cm³/mol. The smallest absolute Gasteiger partial charge is 0.314 e. The highest BCUT2D eigenvalue weighted by atomic mass is 33.1. The Hall–Kier alpha value is 0.100. The topological polar surface area (TPSA) is 101 Å². The van der Waals surface area contributed by atoms with Crippen LogP contribution in [0.2, 0.25) is 0 Å². The summed E-state index contributed by atoms with van der Waals surface area (Å²) in [5.41, 5.74) is 0. The summed E-state index contributed by atoms with van der Waals surface area (Å²) in [6.45, 7) is 5.14. The minimum absolute atomic E-state index is 0.694. The van der Waals surface area contributed by atoms with Crippen LogP contribution in [0.15, 0.2) is 0 Å². The fourth-order valence-electron chi connectivity index (χ4n) is 0. The molecule has 0 unspecified atom stereocenters. The number of hydroxylamine groups is 4. The van der Waals surface area contributed by atoms with Gasteiger partial charge in [0.05, 0.1) is 0 Å². The maximum Gasteiger partial charge on any atom is 0.316 e. The van der Waals surface area contributed by atoms with Crippen molar-refractivity contribution in [2.24, 2.45) is 0 Å². The third-order valence-electron chi connectivity index (χ3n) is 0.915. The number of hydrogen-bond acceptors (Lipinski definition) is 6. The second-order valence-electron chi connectivity index (χ2n) is 2.40. The average Bonchev–Trinajstić information content (AvgIpc) is 2.02. The first-order valence-electron chi connectivity index (χ1n) is 4.04. The molecule has 0 saturated carbocycles. The molecule has 7 nitrogen and oxygen atoms in total. The van der Waals surface area contributed by atoms with Crippen molar-refractivity contribution in [2.75, 3.05) is 27.2 Å². The Morgan fingerprint density at radius 2 is 1.13 bits per heavy atom. The fourth-order valence-corrected chi connectivity index (χ4v) is 0. The largest absolute Gasteiger partial charge is 0.316 e. The zero-order valence-electron chi connectivity index (χ0n) is 9.32. The molecule has 0 aliphatic rings. The van der Waals surface area contributed by atoms with E-state index in [9.17, 15) is 0 Å². The van der Waals surface area contributed by atoms with Gasteiger partial charge in [0, 0.05) is 27.2 Å². The zero-order chi connectivity index (χ0) is 13.1. The van der Waals surface area contributed by atoms with Gasteiger partial charge in [-0.15, -0.1) is 0 Å². The Labute approximate surface area is 95.8 Å². The van der Waals surface area contributed by atoms with Gasteiger partial charge in [-0.2, -0.15) is 18.5 Å². The highest BCUT2D eigenvalue weighted by Gasteiger charge is 1.83. The van der Waals surface area contributed by atoms with E-state index in [-0.39, 0.29) is 0 Å². The second kappa shape index (κ2) is 12.2. The predicted octanol–water partition coefficient (Wildman–Crippen LogP) is 0.374. The molecule has 0 fully saturated rings. The van der Waals surface area contributed by atoms with Crippen LogP contribution in [0.3, 0.4) is 0 Å². The van der Waals surface area contributed by atoms with Gasteiger partial charge in [-0.3, -0.25) is 4.55 Å². The first-order valence-corrected chi connectivity index (χ1v) is 6.53. The van der Waals surface area contributed by atoms with Gasteiger partial charge in [-0.25, -0.2) is 0 Å². The molecule has 3 N–H and O–H groups in total. The summed E-state index contributed by atoms with van der Waals surface area (Å²) in [5, 5.41) is 18.6. The van der Waals surface area contributed by atoms with E-state index in [4.69, 9.17) is 23.4 Å². The van der Waals surface area contributed by atoms with Crippen LogP contribution in [0.4, 0.5) is 0 Å². The summed E-state index contributed by atoms with van der Waals surface area (Å²) in [4.78, 5) is 0. The lowest BCUT2D eigenvalue weighted by molar-refractivity contribution is -0.0598. The normalized spacial score (nSPS) is 10.3. The molecule has 0 bridgehead atoms. The van der Waals surface area contributed by atoms with Crippen LogP contribution in [0.5, 0.6) is 0 Å². The van der Waals surface area contributed by atoms with Gasteiger partial charge in [0.25, 0.3) is 0 Å². The summed E-state index contributed by atoms with van der Waals surface area (Å²) >= 11 is 2.65. The Kier molecular flexibility index (Phi) is 16.6. The second-order valence-corrected chi connectivity index (χ2v) is 4.68. The maximum atomic E-state index is 9.05. The molecule has 0 radical (unpaired) electrons. The van der Waals surface area contributed by atoms with Crippen LogP contribution in [0, 0.1) is 0 Å². The molecule has 0 saturated heterocycles. The van der Waals surface area contributed by atoms with Crippen molar-refractivity contribution in [3.63, 3.8) is 0 Å². The average molecular weight is 264 g/mol. The molecular formula is C6H20N2O5S2. The molecule has 0 aliphatic carbocycles. The van der Waals surface area contributed by atoms with E-state index in [2.05, 4.69) is 11.7 Å². The van der Waals surface area contributed by atoms with E-state index >= 15 is 0 Å². The summed E-state index contributed by atoms with van der Waals surface area (Å²) in [5.74, 6) is 0. The summed E-state index contributed by atoms with van der Waals surface area (Å²) in [7, 11) is -0.750. The van der Waals surface area contributed by atoms with Crippen LogP contribution in [0.1, 0.15) is 13.8 Å². The Bertz CT molecular complexity index is 190. The van der Waals surface area contributed by atoms with Crippen LogP contribution in [-0.2, 0) is 9.15 Å². The molecule has 0 aliphatic heterocycles. The molecule has 0 aromatic heterocycles. The van der Waals surface area contributed by atoms with E-state index < -0.39 is 9.15 Å². The van der Waals surface area contributed by atoms with Gasteiger partial charge in [-0.05, 0) is 11.7 Å². The van der Waals surface area contributed by atoms with Gasteiger partial charge in [-0.1, -0.05) is 13.8 Å². The van der Waals surface area contributed by atoms with Gasteiger partial charge < -0.3 is 10.4 Å². The number of thiol groups is 1. The molecule has 0 spiro atoms. The monoisotopic (exact) mass is 264 g/mol. The van der Waals surface area contributed by atoms with E-state index in [0.29, 0.717) is 13.1 Å². The number of hydrogen-bond donors (Lipinski definition) is 4. The molecule has 0 rings (SSSR count). The van der Waals surface area contributed by atoms with Gasteiger partial charge in [0.2, 0.25) is 0 Å². The van der Waals surface area contributed by atoms with Crippen molar-refractivity contribution in [1.82, 2.24) is 10.1 Å². The van der Waals surface area contributed by atoms with E-state index in [1.54, 1.807) is 14.1 Å². The van der Waals surface area contributed by atoms with Crippen molar-refractivity contribution in [1.29, 1.82) is 0 Å². The van der Waals surface area contributed by atoms with Gasteiger partial charge in [0.1, 0.15) is 0 Å². The van der Waals surface area contributed by atoms with Crippen LogP contribution in [-0.4, -0.2) is 60.7 Å². The lowest BCUT2D eigenvalue weighted by Crippen LogP contribution is -2.09. The highest BCUT2D eigenvalue weighted by molar-refractivity contribution is 8.61. The molecule has 0 atom stereocenters. The standard InChI is InChI=1S/2C3H9NO.H2O3S2/c2*1-3-4(2)5;1-5(2,3)4/h2*5H,3H2,1-2H3;(H2,1,2,3,4). The third kappa shape index (κ3) is 123. The molecule has 15 heavy (non-hydrogen) atoms. The molecule has 0 heterocycles. The Balaban J connectivity index is -0.000000144. The summed E-state index contributed by atoms with van der Waals surface area (Å²) in [6, 6.07) is 0. The lowest BCUT2D eigenvalue weighted by Gasteiger charge is -1.98. The quantitative estimate of drug-likeness (QED) is 0.247. The summed E-state index contributed by atoms with van der Waals surface area (Å²) < 4.78 is 25.5. The number of nitrogens with zero attached hydrogens (tertiary/aromatic N) is 2. The molecule has 0 amide bonds. The van der Waals surface area contributed by atoms with Crippen molar-refractivity contribution >= 4 is 20.8 Å². The van der Waals surface area contributed by atoms with Crippen molar-refractivity contribution in [3.05, 3.63) is 0 Å². The van der Waals surface area contributed by atoms with E-state index in [0.717, 1.165) is 10.1 Å². The molecule has 9 heteroatoms. The van der Waals surface area contributed by atoms with Crippen molar-refractivity contribution < 1.29 is 23.4 Å². The van der Waals surface area contributed by atoms with Crippen LogP contribution < -0.4 is 0 Å². The zero-order valence-corrected chi connectivity index (χ0v) is 11.0. The van der Waals surface area contributed by atoms with Crippen molar-refractivity contribution in [3.8, 4) is 0 Å². The SMILES string of the molecule is CCN(C)O.CCN(C)O.O=S(=O)(O)S. The molecule has 0 aromatic carbocycles. The Morgan fingerprint density at radius 1 is 1.07 bits per heavy atom. The van der Waals surface area contributed by atoms with Gasteiger partial charge in [0.15, 0.2) is 0 Å². The minimum atomic E-state index is -3.97. The third-order valence-corrected chi connectivity index (χ3v) is 0.915. The molecular weight excluding hydrogens is 244 g/mol. The first kappa shape index (κ1) is 20.5. The highest BCUT2D eigenvalue weighted by Crippen LogP contribution is 1.81. The fraction of sp³-hybridized carbons (Fsp3) is 1.00. The van der Waals surface area contributed by atoms with Crippen molar-refractivity contribution in [2.45, 2.75) is 13.8 Å². The van der Waals surface area contributed by atoms with E-state index in [1.807, 2.05) is 13.8 Å². The number of rotatable bonds is 2. The van der Waals surface area contributed by atoms with Crippen LogP contribution >= 0.6 is 11.7 Å². The van der Waals surface area contributed by atoms with Gasteiger partial charge >= 0.3 is 9.15 Å². The molecule has 96 valence electrons. The summed E-state index contributed by atoms with van der Waals surface area (Å²) in [6.07, 6.45) is 0. The minimum Gasteiger partial charge on any atom is -0.314 e. The lowest BCUT2D eigenvalue weighted by atomic mass is 10.8. The first-order chi connectivity index (χ1) is 6.54. The molecule has 0 aromatic rings. The van der Waals surface area contributed by atoms with Crippen LogP contribution in [0.25, 0.3) is 0 Å². The maximum absolute atomic E-state index is 9.05. The van der Waals surface area contributed by atoms with E-state index in [1.165, 1.54) is 0 Å².